The van der Waals surface area contributed by atoms with E-state index in [1.807, 2.05) is 0 Å². The molecule has 31 heavy (non-hydrogen) atoms. The maximum atomic E-state index is 14.2. The number of likely N-dealkylation sites (tertiary alicyclic amines) is 1. The molecule has 3 heterocycles. The van der Waals surface area contributed by atoms with Gasteiger partial charge in [0.15, 0.2) is 10.8 Å². The summed E-state index contributed by atoms with van der Waals surface area (Å²) in [6, 6.07) is 6.09. The van der Waals surface area contributed by atoms with Gasteiger partial charge in [-0.1, -0.05) is 5.16 Å². The number of rotatable bonds is 3. The molecule has 1 unspecified atom stereocenters. The first-order valence-corrected chi connectivity index (χ1v) is 9.26. The second-order valence-electron chi connectivity index (χ2n) is 7.38. The smallest absolute Gasteiger partial charge is 0.364 e. The van der Waals surface area contributed by atoms with E-state index in [0.717, 1.165) is 17.0 Å². The molecule has 1 saturated heterocycles. The zero-order valence-electron chi connectivity index (χ0n) is 16.2. The molecular formula is C20H16F4N4O3. The lowest BCUT2D eigenvalue weighted by Gasteiger charge is -2.27. The van der Waals surface area contributed by atoms with E-state index >= 15 is 0 Å². The highest BCUT2D eigenvalue weighted by molar-refractivity contribution is 5.94. The Balaban J connectivity index is 1.67. The molecule has 1 aromatic carbocycles. The molecule has 0 spiro atoms. The van der Waals surface area contributed by atoms with Crippen molar-refractivity contribution in [2.75, 3.05) is 13.1 Å². The average molecular weight is 436 g/mol. The van der Waals surface area contributed by atoms with Crippen molar-refractivity contribution in [1.29, 1.82) is 0 Å². The minimum Gasteiger partial charge on any atom is -0.364 e. The Morgan fingerprint density at radius 1 is 1.26 bits per heavy atom. The Morgan fingerprint density at radius 3 is 2.61 bits per heavy atom. The molecule has 162 valence electrons. The molecule has 1 aliphatic rings. The molecule has 0 aliphatic carbocycles. The van der Waals surface area contributed by atoms with Crippen LogP contribution in [0.5, 0.6) is 0 Å². The van der Waals surface area contributed by atoms with Gasteiger partial charge in [0.25, 0.3) is 5.91 Å². The van der Waals surface area contributed by atoms with Gasteiger partial charge in [-0.15, -0.1) is 0 Å². The summed E-state index contributed by atoms with van der Waals surface area (Å²) in [6.45, 7) is 0.599. The molecule has 1 atom stereocenters. The number of hydrogen-bond donors (Lipinski definition) is 1. The molecule has 4 rings (SSSR count). The molecule has 11 heteroatoms. The summed E-state index contributed by atoms with van der Waals surface area (Å²) in [6.07, 6.45) is -4.11. The molecule has 1 fully saturated rings. The van der Waals surface area contributed by atoms with Crippen LogP contribution >= 0.6 is 0 Å². The standard InChI is InChI=1S/C20H16F4N4O3/c1-11-8-15(29)14(9-25-11)17(30)28-7-6-19(10-28,20(22,23)24)18-26-16(27-31-18)12-2-4-13(21)5-3-12/h2-5,8-9H,6-7,10H2,1H3,(H,25,29). The van der Waals surface area contributed by atoms with E-state index in [0.29, 0.717) is 5.69 Å². The van der Waals surface area contributed by atoms with Gasteiger partial charge in [-0.2, -0.15) is 18.2 Å². The van der Waals surface area contributed by atoms with E-state index in [1.54, 1.807) is 6.92 Å². The molecule has 0 radical (unpaired) electrons. The van der Waals surface area contributed by atoms with Crippen LogP contribution < -0.4 is 5.43 Å². The molecule has 1 amide bonds. The zero-order valence-corrected chi connectivity index (χ0v) is 16.2. The zero-order chi connectivity index (χ0) is 22.4. The number of hydrogen-bond acceptors (Lipinski definition) is 5. The summed E-state index contributed by atoms with van der Waals surface area (Å²) < 4.78 is 60.5. The van der Waals surface area contributed by atoms with Gasteiger partial charge in [-0.05, 0) is 37.6 Å². The highest BCUT2D eigenvalue weighted by atomic mass is 19.4. The number of carbonyl (C=O) groups is 1. The number of benzene rings is 1. The third-order valence-electron chi connectivity index (χ3n) is 5.32. The molecular weight excluding hydrogens is 420 g/mol. The number of aryl methyl sites for hydroxylation is 1. The van der Waals surface area contributed by atoms with Crippen LogP contribution in [0.15, 0.2) is 45.8 Å². The van der Waals surface area contributed by atoms with Crippen LogP contribution in [0.3, 0.4) is 0 Å². The normalized spacial score (nSPS) is 19.1. The van der Waals surface area contributed by atoms with Crippen molar-refractivity contribution in [1.82, 2.24) is 20.0 Å². The van der Waals surface area contributed by atoms with Gasteiger partial charge in [0, 0.05) is 36.6 Å². The maximum Gasteiger partial charge on any atom is 0.405 e. The Labute approximate surface area is 172 Å². The van der Waals surface area contributed by atoms with E-state index in [9.17, 15) is 27.2 Å². The number of nitrogens with one attached hydrogen (secondary N) is 1. The topological polar surface area (TPSA) is 92.1 Å². The van der Waals surface area contributed by atoms with Crippen LogP contribution in [0.2, 0.25) is 0 Å². The fraction of sp³-hybridized carbons (Fsp3) is 0.300. The molecule has 1 N–H and O–H groups in total. The summed E-state index contributed by atoms with van der Waals surface area (Å²) in [5, 5.41) is 3.60. The van der Waals surface area contributed by atoms with Gasteiger partial charge >= 0.3 is 6.18 Å². The second kappa shape index (κ2) is 7.33. The largest absolute Gasteiger partial charge is 0.405 e. The number of H-pyrrole nitrogens is 1. The number of carbonyl (C=O) groups excluding carboxylic acids is 1. The third-order valence-corrected chi connectivity index (χ3v) is 5.32. The van der Waals surface area contributed by atoms with Crippen molar-refractivity contribution >= 4 is 5.91 Å². The maximum absolute atomic E-state index is 14.2. The van der Waals surface area contributed by atoms with Crippen LogP contribution in [0.4, 0.5) is 17.6 Å². The van der Waals surface area contributed by atoms with Crippen molar-refractivity contribution in [2.24, 2.45) is 0 Å². The summed E-state index contributed by atoms with van der Waals surface area (Å²) in [4.78, 5) is 32.4. The van der Waals surface area contributed by atoms with Crippen LogP contribution in [0.25, 0.3) is 11.4 Å². The number of aromatic nitrogens is 3. The Bertz CT molecular complexity index is 1190. The minimum absolute atomic E-state index is 0.126. The first-order chi connectivity index (χ1) is 14.6. The number of amides is 1. The summed E-state index contributed by atoms with van der Waals surface area (Å²) in [5.74, 6) is -2.15. The SMILES string of the molecule is Cc1cc(=O)c(C(=O)N2CCC(c3nc(-c4ccc(F)cc4)no3)(C(F)(F)F)C2)c[nH]1. The number of nitrogens with zero attached hydrogens (tertiary/aromatic N) is 3. The third kappa shape index (κ3) is 3.60. The van der Waals surface area contributed by atoms with E-state index in [1.165, 1.54) is 24.4 Å². The molecule has 2 aromatic heterocycles. The fourth-order valence-corrected chi connectivity index (χ4v) is 3.56. The number of pyridine rings is 1. The molecule has 1 aliphatic heterocycles. The molecule has 3 aromatic rings. The Kier molecular flexibility index (Phi) is 4.91. The lowest BCUT2D eigenvalue weighted by Crippen LogP contribution is -2.46. The second-order valence-corrected chi connectivity index (χ2v) is 7.38. The fourth-order valence-electron chi connectivity index (χ4n) is 3.56. The van der Waals surface area contributed by atoms with Crippen molar-refractivity contribution in [3.8, 4) is 11.4 Å². The van der Waals surface area contributed by atoms with Gasteiger partial charge < -0.3 is 14.4 Å². The highest BCUT2D eigenvalue weighted by Gasteiger charge is 2.63. The first-order valence-electron chi connectivity index (χ1n) is 9.26. The monoisotopic (exact) mass is 436 g/mol. The number of aromatic amines is 1. The average Bonchev–Trinajstić information content (AvgIpc) is 3.36. The predicted octanol–water partition coefficient (Wildman–Crippen LogP) is 3.22. The van der Waals surface area contributed by atoms with Crippen LogP contribution in [0, 0.1) is 12.7 Å². The van der Waals surface area contributed by atoms with E-state index in [-0.39, 0.29) is 23.5 Å². The highest BCUT2D eigenvalue weighted by Crippen LogP contribution is 2.47. The number of alkyl halides is 3. The Morgan fingerprint density at radius 2 is 1.97 bits per heavy atom. The van der Waals surface area contributed by atoms with Gasteiger partial charge in [0.1, 0.15) is 11.4 Å². The van der Waals surface area contributed by atoms with Crippen molar-refractivity contribution in [3.05, 3.63) is 69.7 Å². The van der Waals surface area contributed by atoms with E-state index in [4.69, 9.17) is 4.52 Å². The van der Waals surface area contributed by atoms with Crippen LogP contribution in [0.1, 0.15) is 28.4 Å². The van der Waals surface area contributed by atoms with Crippen molar-refractivity contribution < 1.29 is 26.9 Å². The van der Waals surface area contributed by atoms with Crippen molar-refractivity contribution in [2.45, 2.75) is 24.9 Å². The van der Waals surface area contributed by atoms with Gasteiger partial charge in [0.2, 0.25) is 11.7 Å². The van der Waals surface area contributed by atoms with Gasteiger partial charge in [-0.3, -0.25) is 9.59 Å². The predicted molar refractivity (Wildman–Crippen MR) is 99.7 cm³/mol. The summed E-state index contributed by atoms with van der Waals surface area (Å²) >= 11 is 0. The van der Waals surface area contributed by atoms with Crippen molar-refractivity contribution in [3.63, 3.8) is 0 Å². The quantitative estimate of drug-likeness (QED) is 0.637. The molecule has 0 saturated carbocycles. The van der Waals surface area contributed by atoms with Crippen LogP contribution in [-0.4, -0.2) is 45.2 Å². The number of halogens is 4. The van der Waals surface area contributed by atoms with Crippen LogP contribution in [-0.2, 0) is 5.41 Å². The molecule has 7 nitrogen and oxygen atoms in total. The summed E-state index contributed by atoms with van der Waals surface area (Å²) in [7, 11) is 0. The molecule has 0 bridgehead atoms. The first kappa shape index (κ1) is 20.8. The van der Waals surface area contributed by atoms with E-state index < -0.39 is 47.6 Å². The Hall–Kier alpha value is -3.50. The van der Waals surface area contributed by atoms with Gasteiger partial charge in [-0.25, -0.2) is 4.39 Å². The summed E-state index contributed by atoms with van der Waals surface area (Å²) in [5.41, 5.74) is -2.60. The van der Waals surface area contributed by atoms with Gasteiger partial charge in [0.05, 0.1) is 0 Å². The minimum atomic E-state index is -4.80. The van der Waals surface area contributed by atoms with E-state index in [2.05, 4.69) is 15.1 Å². The lowest BCUT2D eigenvalue weighted by atomic mass is 9.86. The lowest BCUT2D eigenvalue weighted by molar-refractivity contribution is -0.193.